The van der Waals surface area contributed by atoms with Crippen LogP contribution in [-0.2, 0) is 9.05 Å². The van der Waals surface area contributed by atoms with Gasteiger partial charge in [0.2, 0.25) is 0 Å². The normalized spacial score (nSPS) is 26.2. The molecular formula is C16H31N2O2PS2. The van der Waals surface area contributed by atoms with E-state index in [4.69, 9.17) is 14.3 Å². The van der Waals surface area contributed by atoms with Crippen LogP contribution in [0.5, 0.6) is 0 Å². The van der Waals surface area contributed by atoms with Crippen LogP contribution in [0.1, 0.15) is 60.8 Å². The number of nitrogens with zero attached hydrogens (tertiary/aromatic N) is 2. The molecule has 134 valence electrons. The van der Waals surface area contributed by atoms with Crippen LogP contribution in [0.2, 0.25) is 0 Å². The highest BCUT2D eigenvalue weighted by Crippen LogP contribution is 2.55. The number of hydrogen-bond acceptors (Lipinski definition) is 6. The van der Waals surface area contributed by atoms with E-state index in [1.54, 1.807) is 0 Å². The summed E-state index contributed by atoms with van der Waals surface area (Å²) < 4.78 is 14.9. The molecule has 0 aromatic rings. The van der Waals surface area contributed by atoms with Gasteiger partial charge in [-0.3, -0.25) is 0 Å². The van der Waals surface area contributed by atoms with Crippen molar-refractivity contribution in [2.24, 2.45) is 0 Å². The molecule has 0 amide bonds. The zero-order valence-electron chi connectivity index (χ0n) is 15.2. The predicted molar refractivity (Wildman–Crippen MR) is 103 cm³/mol. The van der Waals surface area contributed by atoms with Crippen molar-refractivity contribution in [2.75, 3.05) is 6.61 Å². The molecule has 0 bridgehead atoms. The van der Waals surface area contributed by atoms with Gasteiger partial charge in [-0.25, -0.2) is 4.67 Å². The summed E-state index contributed by atoms with van der Waals surface area (Å²) in [4.78, 5) is 0. The van der Waals surface area contributed by atoms with Crippen LogP contribution in [0, 0.1) is 11.3 Å². The van der Waals surface area contributed by atoms with Gasteiger partial charge in [-0.15, -0.1) is 0 Å². The minimum Gasteiger partial charge on any atom is -0.321 e. The summed E-state index contributed by atoms with van der Waals surface area (Å²) >= 11 is 0. The fourth-order valence-corrected chi connectivity index (χ4v) is 8.29. The van der Waals surface area contributed by atoms with Gasteiger partial charge in [-0.2, -0.15) is 5.26 Å². The average molecular weight is 379 g/mol. The first-order valence-electron chi connectivity index (χ1n) is 8.53. The molecule has 1 rings (SSSR count). The van der Waals surface area contributed by atoms with Gasteiger partial charge in [0.25, 0.3) is 8.53 Å². The molecule has 23 heavy (non-hydrogen) atoms. The Morgan fingerprint density at radius 1 is 1.09 bits per heavy atom. The smallest absolute Gasteiger partial charge is 0.259 e. The average Bonchev–Trinajstić information content (AvgIpc) is 2.88. The van der Waals surface area contributed by atoms with Crippen molar-refractivity contribution in [3.8, 4) is 6.07 Å². The molecule has 1 saturated heterocycles. The Hall–Kier alpha value is 0.500. The van der Waals surface area contributed by atoms with Crippen molar-refractivity contribution in [3.05, 3.63) is 0 Å². The highest BCUT2D eigenvalue weighted by atomic mass is 33.1. The lowest BCUT2D eigenvalue weighted by atomic mass is 10.1. The highest BCUT2D eigenvalue weighted by molar-refractivity contribution is 8.77. The first-order valence-corrected chi connectivity index (χ1v) is 11.9. The lowest BCUT2D eigenvalue weighted by Gasteiger charge is -2.38. The molecule has 0 aliphatic carbocycles. The van der Waals surface area contributed by atoms with E-state index in [0.29, 0.717) is 35.6 Å². The molecule has 0 N–H and O–H groups in total. The second kappa shape index (κ2) is 11.2. The minimum atomic E-state index is -1.13. The fourth-order valence-electron chi connectivity index (χ4n) is 2.63. The van der Waals surface area contributed by atoms with Gasteiger partial charge in [0.15, 0.2) is 0 Å². The lowest BCUT2D eigenvalue weighted by Crippen LogP contribution is -2.37. The van der Waals surface area contributed by atoms with E-state index in [-0.39, 0.29) is 6.10 Å². The standard InChI is InChI=1S/C16H31N2O2PS2/c1-7-14-16(15(8-2)23-22-14)20-21(19-11-9-10-17)18(12(3)4)13(5)6/h12-16H,7-9,11H2,1-6H3/t14-,15?,16?,21?/m1/s1. The van der Waals surface area contributed by atoms with E-state index < -0.39 is 8.53 Å². The molecule has 7 heteroatoms. The highest BCUT2D eigenvalue weighted by Gasteiger charge is 2.41. The summed E-state index contributed by atoms with van der Waals surface area (Å²) in [6, 6.07) is 2.86. The van der Waals surface area contributed by atoms with Gasteiger partial charge in [-0.05, 0) is 40.5 Å². The van der Waals surface area contributed by atoms with Crippen molar-refractivity contribution < 1.29 is 9.05 Å². The quantitative estimate of drug-likeness (QED) is 0.280. The first kappa shape index (κ1) is 21.5. The van der Waals surface area contributed by atoms with Crippen molar-refractivity contribution in [1.82, 2.24) is 4.67 Å². The van der Waals surface area contributed by atoms with Crippen molar-refractivity contribution >= 4 is 30.1 Å². The molecular weight excluding hydrogens is 347 g/mol. The molecule has 1 aliphatic rings. The lowest BCUT2D eigenvalue weighted by molar-refractivity contribution is 0.128. The third kappa shape index (κ3) is 6.38. The molecule has 4 nitrogen and oxygen atoms in total. The van der Waals surface area contributed by atoms with Crippen molar-refractivity contribution in [1.29, 1.82) is 5.26 Å². The maximum Gasteiger partial charge on any atom is 0.259 e. The van der Waals surface area contributed by atoms with E-state index in [2.05, 4.69) is 52.3 Å². The number of hydrogen-bond donors (Lipinski definition) is 0. The van der Waals surface area contributed by atoms with Crippen LogP contribution in [0.25, 0.3) is 0 Å². The molecule has 0 aromatic carbocycles. The molecule has 4 atom stereocenters. The molecule has 0 spiro atoms. The van der Waals surface area contributed by atoms with Gasteiger partial charge in [0.05, 0.1) is 25.2 Å². The molecule has 1 heterocycles. The summed E-state index contributed by atoms with van der Waals surface area (Å²) in [5.41, 5.74) is 0. The predicted octanol–water partition coefficient (Wildman–Crippen LogP) is 5.60. The van der Waals surface area contributed by atoms with Crippen LogP contribution < -0.4 is 0 Å². The summed E-state index contributed by atoms with van der Waals surface area (Å²) in [5.74, 6) is 0. The monoisotopic (exact) mass is 378 g/mol. The Morgan fingerprint density at radius 3 is 2.00 bits per heavy atom. The van der Waals surface area contributed by atoms with Crippen LogP contribution in [-0.4, -0.2) is 40.0 Å². The van der Waals surface area contributed by atoms with Gasteiger partial charge < -0.3 is 9.05 Å². The molecule has 1 aliphatic heterocycles. The summed E-state index contributed by atoms with van der Waals surface area (Å²) in [7, 11) is 2.78. The first-order chi connectivity index (χ1) is 11.0. The SMILES string of the molecule is CCC1SS[C@H](CC)C1OP(OCCC#N)N(C(C)C)C(C)C. The van der Waals surface area contributed by atoms with Gasteiger partial charge in [-0.1, -0.05) is 35.4 Å². The molecule has 0 radical (unpaired) electrons. The van der Waals surface area contributed by atoms with E-state index in [9.17, 15) is 0 Å². The van der Waals surface area contributed by atoms with Crippen LogP contribution in [0.3, 0.4) is 0 Å². The van der Waals surface area contributed by atoms with Crippen molar-refractivity contribution in [3.63, 3.8) is 0 Å². The molecule has 1 fully saturated rings. The number of rotatable bonds is 10. The van der Waals surface area contributed by atoms with Crippen molar-refractivity contribution in [2.45, 2.75) is 89.5 Å². The zero-order valence-corrected chi connectivity index (χ0v) is 17.7. The van der Waals surface area contributed by atoms with E-state index in [0.717, 1.165) is 12.8 Å². The number of nitriles is 1. The van der Waals surface area contributed by atoms with E-state index in [1.165, 1.54) is 0 Å². The van der Waals surface area contributed by atoms with Gasteiger partial charge in [0.1, 0.15) is 0 Å². The molecule has 3 unspecified atom stereocenters. The second-order valence-corrected chi connectivity index (χ2v) is 10.4. The topological polar surface area (TPSA) is 45.5 Å². The summed E-state index contributed by atoms with van der Waals surface area (Å²) in [6.45, 7) is 13.6. The zero-order chi connectivity index (χ0) is 17.4. The Labute approximate surface area is 151 Å². The van der Waals surface area contributed by atoms with Crippen LogP contribution in [0.15, 0.2) is 0 Å². The van der Waals surface area contributed by atoms with Gasteiger partial charge in [0, 0.05) is 22.6 Å². The van der Waals surface area contributed by atoms with E-state index in [1.807, 2.05) is 21.6 Å². The second-order valence-electron chi connectivity index (χ2n) is 6.20. The Morgan fingerprint density at radius 2 is 1.61 bits per heavy atom. The van der Waals surface area contributed by atoms with Crippen LogP contribution in [0.4, 0.5) is 0 Å². The summed E-state index contributed by atoms with van der Waals surface area (Å²) in [6.07, 6.45) is 2.87. The third-order valence-electron chi connectivity index (χ3n) is 3.71. The van der Waals surface area contributed by atoms with Gasteiger partial charge >= 0.3 is 0 Å². The minimum absolute atomic E-state index is 0.230. The Balaban J connectivity index is 2.87. The largest absolute Gasteiger partial charge is 0.321 e. The maximum atomic E-state index is 8.80. The van der Waals surface area contributed by atoms with E-state index >= 15 is 0 Å². The fraction of sp³-hybridized carbons (Fsp3) is 0.938. The molecule has 0 saturated carbocycles. The summed E-state index contributed by atoms with van der Waals surface area (Å²) in [5, 5.41) is 9.84. The third-order valence-corrected chi connectivity index (χ3v) is 9.47. The Kier molecular flexibility index (Phi) is 10.5. The maximum absolute atomic E-state index is 8.80. The van der Waals surface area contributed by atoms with Crippen LogP contribution >= 0.6 is 30.1 Å². The molecule has 0 aromatic heterocycles. The Bertz CT molecular complexity index is 360.